The highest BCUT2D eigenvalue weighted by Gasteiger charge is 2.17. The molecule has 1 heterocycles. The van der Waals surface area contributed by atoms with Gasteiger partial charge in [0.15, 0.2) is 0 Å². The Bertz CT molecular complexity index is 259. The molecule has 0 aromatic carbocycles. The fourth-order valence-corrected chi connectivity index (χ4v) is 1.50. The molecule has 5 nitrogen and oxygen atoms in total. The van der Waals surface area contributed by atoms with Crippen LogP contribution in [0.4, 0.5) is 4.79 Å². The van der Waals surface area contributed by atoms with E-state index in [1.54, 1.807) is 4.90 Å². The fourth-order valence-electron chi connectivity index (χ4n) is 1.50. The standard InChI is InChI=1S/C11H17NO4/c1-2-10(13)15-8-9-16-11(14)12-6-4-3-5-7-12/h2H,1,3-9H2. The van der Waals surface area contributed by atoms with Gasteiger partial charge < -0.3 is 14.4 Å². The van der Waals surface area contributed by atoms with Crippen molar-refractivity contribution in [2.24, 2.45) is 0 Å². The Morgan fingerprint density at radius 2 is 1.75 bits per heavy atom. The van der Waals surface area contributed by atoms with E-state index in [1.807, 2.05) is 0 Å². The summed E-state index contributed by atoms with van der Waals surface area (Å²) in [5.41, 5.74) is 0. The van der Waals surface area contributed by atoms with E-state index in [9.17, 15) is 9.59 Å². The molecular formula is C11H17NO4. The van der Waals surface area contributed by atoms with Gasteiger partial charge in [-0.3, -0.25) is 0 Å². The quantitative estimate of drug-likeness (QED) is 0.413. The lowest BCUT2D eigenvalue weighted by Crippen LogP contribution is -2.36. The van der Waals surface area contributed by atoms with Crippen LogP contribution >= 0.6 is 0 Å². The molecule has 1 aliphatic heterocycles. The van der Waals surface area contributed by atoms with E-state index in [-0.39, 0.29) is 19.3 Å². The Hall–Kier alpha value is -1.52. The summed E-state index contributed by atoms with van der Waals surface area (Å²) < 4.78 is 9.63. The molecule has 0 atom stereocenters. The highest BCUT2D eigenvalue weighted by Crippen LogP contribution is 2.09. The van der Waals surface area contributed by atoms with Gasteiger partial charge in [-0.25, -0.2) is 9.59 Å². The third-order valence-corrected chi connectivity index (χ3v) is 2.33. The van der Waals surface area contributed by atoms with Crippen molar-refractivity contribution in [3.63, 3.8) is 0 Å². The van der Waals surface area contributed by atoms with Crippen LogP contribution in [-0.4, -0.2) is 43.3 Å². The number of hydrogen-bond donors (Lipinski definition) is 0. The van der Waals surface area contributed by atoms with Crippen molar-refractivity contribution >= 4 is 12.1 Å². The third-order valence-electron chi connectivity index (χ3n) is 2.33. The zero-order chi connectivity index (χ0) is 11.8. The lowest BCUT2D eigenvalue weighted by Gasteiger charge is -2.25. The molecule has 0 bridgehead atoms. The molecule has 1 aliphatic rings. The van der Waals surface area contributed by atoms with Gasteiger partial charge in [0.25, 0.3) is 0 Å². The van der Waals surface area contributed by atoms with Gasteiger partial charge in [0, 0.05) is 19.2 Å². The van der Waals surface area contributed by atoms with Crippen LogP contribution in [0.2, 0.25) is 0 Å². The monoisotopic (exact) mass is 227 g/mol. The number of ether oxygens (including phenoxy) is 2. The summed E-state index contributed by atoms with van der Waals surface area (Å²) in [4.78, 5) is 23.8. The Morgan fingerprint density at radius 3 is 2.38 bits per heavy atom. The van der Waals surface area contributed by atoms with Crippen LogP contribution < -0.4 is 0 Å². The smallest absolute Gasteiger partial charge is 0.409 e. The maximum Gasteiger partial charge on any atom is 0.409 e. The molecule has 1 rings (SSSR count). The number of rotatable bonds is 4. The zero-order valence-electron chi connectivity index (χ0n) is 9.31. The SMILES string of the molecule is C=CC(=O)OCCOC(=O)N1CCCCC1. The van der Waals surface area contributed by atoms with Crippen LogP contribution in [0.25, 0.3) is 0 Å². The number of amides is 1. The summed E-state index contributed by atoms with van der Waals surface area (Å²) >= 11 is 0. The van der Waals surface area contributed by atoms with E-state index in [4.69, 9.17) is 4.74 Å². The number of hydrogen-bond acceptors (Lipinski definition) is 4. The molecule has 0 radical (unpaired) electrons. The maximum atomic E-state index is 11.5. The van der Waals surface area contributed by atoms with Gasteiger partial charge in [0.1, 0.15) is 13.2 Å². The summed E-state index contributed by atoms with van der Waals surface area (Å²) in [6.45, 7) is 4.93. The van der Waals surface area contributed by atoms with Gasteiger partial charge in [0.05, 0.1) is 0 Å². The molecule has 0 saturated carbocycles. The van der Waals surface area contributed by atoms with E-state index in [0.717, 1.165) is 32.0 Å². The van der Waals surface area contributed by atoms with Crippen molar-refractivity contribution in [3.8, 4) is 0 Å². The maximum absolute atomic E-state index is 11.5. The second-order valence-corrected chi connectivity index (χ2v) is 3.53. The Labute approximate surface area is 95.0 Å². The van der Waals surface area contributed by atoms with Gasteiger partial charge in [-0.2, -0.15) is 0 Å². The van der Waals surface area contributed by atoms with Gasteiger partial charge >= 0.3 is 12.1 Å². The molecule has 0 spiro atoms. The summed E-state index contributed by atoms with van der Waals surface area (Å²) in [6.07, 6.45) is 3.98. The number of carbonyl (C=O) groups excluding carboxylic acids is 2. The number of carbonyl (C=O) groups is 2. The molecule has 1 amide bonds. The first-order valence-corrected chi connectivity index (χ1v) is 5.45. The first kappa shape index (κ1) is 12.5. The first-order chi connectivity index (χ1) is 7.74. The summed E-state index contributed by atoms with van der Waals surface area (Å²) in [5.74, 6) is -0.506. The lowest BCUT2D eigenvalue weighted by molar-refractivity contribution is -0.138. The summed E-state index contributed by atoms with van der Waals surface area (Å²) in [5, 5.41) is 0. The largest absolute Gasteiger partial charge is 0.459 e. The summed E-state index contributed by atoms with van der Waals surface area (Å²) in [7, 11) is 0. The van der Waals surface area contributed by atoms with Gasteiger partial charge in [-0.05, 0) is 19.3 Å². The minimum absolute atomic E-state index is 0.0738. The predicted molar refractivity (Wildman–Crippen MR) is 57.9 cm³/mol. The Kier molecular flexibility index (Phi) is 5.39. The van der Waals surface area contributed by atoms with Crippen LogP contribution in [0.1, 0.15) is 19.3 Å². The first-order valence-electron chi connectivity index (χ1n) is 5.45. The molecule has 5 heteroatoms. The molecule has 0 aromatic rings. The Morgan fingerprint density at radius 1 is 1.12 bits per heavy atom. The number of piperidine rings is 1. The minimum atomic E-state index is -0.506. The van der Waals surface area contributed by atoms with Crippen LogP contribution in [0.3, 0.4) is 0 Å². The van der Waals surface area contributed by atoms with Crippen molar-refractivity contribution in [1.29, 1.82) is 0 Å². The number of likely N-dealkylation sites (tertiary alicyclic amines) is 1. The highest BCUT2D eigenvalue weighted by atomic mass is 16.6. The van der Waals surface area contributed by atoms with Crippen molar-refractivity contribution in [3.05, 3.63) is 12.7 Å². The molecule has 0 aliphatic carbocycles. The third kappa shape index (κ3) is 4.33. The molecular weight excluding hydrogens is 210 g/mol. The van der Waals surface area contributed by atoms with E-state index in [2.05, 4.69) is 11.3 Å². The Balaban J connectivity index is 2.09. The van der Waals surface area contributed by atoms with Crippen LogP contribution in [0.15, 0.2) is 12.7 Å². The molecule has 0 aromatic heterocycles. The minimum Gasteiger partial charge on any atom is -0.459 e. The molecule has 1 fully saturated rings. The van der Waals surface area contributed by atoms with E-state index in [0.29, 0.717) is 0 Å². The molecule has 16 heavy (non-hydrogen) atoms. The second-order valence-electron chi connectivity index (χ2n) is 3.53. The van der Waals surface area contributed by atoms with Gasteiger partial charge in [-0.15, -0.1) is 0 Å². The summed E-state index contributed by atoms with van der Waals surface area (Å²) in [6, 6.07) is 0. The van der Waals surface area contributed by atoms with Gasteiger partial charge in [0.2, 0.25) is 0 Å². The average molecular weight is 227 g/mol. The topological polar surface area (TPSA) is 55.8 Å². The number of esters is 1. The fraction of sp³-hybridized carbons (Fsp3) is 0.636. The van der Waals surface area contributed by atoms with E-state index < -0.39 is 5.97 Å². The zero-order valence-corrected chi connectivity index (χ0v) is 9.31. The van der Waals surface area contributed by atoms with Gasteiger partial charge in [-0.1, -0.05) is 6.58 Å². The normalized spacial score (nSPS) is 15.4. The van der Waals surface area contributed by atoms with Crippen molar-refractivity contribution < 1.29 is 19.1 Å². The molecule has 0 N–H and O–H groups in total. The average Bonchev–Trinajstić information content (AvgIpc) is 2.35. The molecule has 0 unspecified atom stereocenters. The van der Waals surface area contributed by atoms with Crippen LogP contribution in [0, 0.1) is 0 Å². The number of nitrogens with zero attached hydrogens (tertiary/aromatic N) is 1. The van der Waals surface area contributed by atoms with E-state index >= 15 is 0 Å². The van der Waals surface area contributed by atoms with Crippen molar-refractivity contribution in [2.45, 2.75) is 19.3 Å². The predicted octanol–water partition coefficient (Wildman–Crippen LogP) is 1.34. The van der Waals surface area contributed by atoms with Crippen LogP contribution in [-0.2, 0) is 14.3 Å². The van der Waals surface area contributed by atoms with Crippen LogP contribution in [0.5, 0.6) is 0 Å². The van der Waals surface area contributed by atoms with Crippen molar-refractivity contribution in [2.75, 3.05) is 26.3 Å². The van der Waals surface area contributed by atoms with Crippen molar-refractivity contribution in [1.82, 2.24) is 4.90 Å². The molecule has 90 valence electrons. The van der Waals surface area contributed by atoms with E-state index in [1.165, 1.54) is 6.42 Å². The lowest BCUT2D eigenvalue weighted by atomic mass is 10.1. The highest BCUT2D eigenvalue weighted by molar-refractivity contribution is 5.81. The molecule has 1 saturated heterocycles. The second kappa shape index (κ2) is 6.87.